The second kappa shape index (κ2) is 6.72. The second-order valence-electron chi connectivity index (χ2n) is 5.75. The van der Waals surface area contributed by atoms with Gasteiger partial charge in [0.2, 0.25) is 0 Å². The van der Waals surface area contributed by atoms with E-state index >= 15 is 0 Å². The van der Waals surface area contributed by atoms with Crippen LogP contribution in [0.1, 0.15) is 0 Å². The van der Waals surface area contributed by atoms with Crippen molar-refractivity contribution in [1.29, 1.82) is 0 Å². The molecule has 130 valence electrons. The number of nitrogens with one attached hydrogen (secondary N) is 2. The van der Waals surface area contributed by atoms with E-state index in [4.69, 9.17) is 4.74 Å². The summed E-state index contributed by atoms with van der Waals surface area (Å²) in [6.45, 7) is 0. The molecule has 7 heteroatoms. The highest BCUT2D eigenvalue weighted by Gasteiger charge is 2.10. The lowest BCUT2D eigenvalue weighted by atomic mass is 10.2. The molecule has 0 bridgehead atoms. The van der Waals surface area contributed by atoms with Gasteiger partial charge in [0.25, 0.3) is 0 Å². The van der Waals surface area contributed by atoms with Crippen molar-refractivity contribution in [2.24, 2.45) is 7.05 Å². The Morgan fingerprint density at radius 1 is 0.923 bits per heavy atom. The van der Waals surface area contributed by atoms with Crippen LogP contribution >= 0.6 is 0 Å². The lowest BCUT2D eigenvalue weighted by Gasteiger charge is -2.14. The van der Waals surface area contributed by atoms with Crippen LogP contribution in [0.3, 0.4) is 0 Å². The van der Waals surface area contributed by atoms with Gasteiger partial charge in [-0.2, -0.15) is 5.10 Å². The topological polar surface area (TPSA) is 76.9 Å². The number of methoxy groups -OCH3 is 1. The number of rotatable bonds is 5. The van der Waals surface area contributed by atoms with Crippen LogP contribution in [0.2, 0.25) is 0 Å². The van der Waals surface area contributed by atoms with Crippen molar-refractivity contribution < 1.29 is 4.74 Å². The minimum atomic E-state index is 0.715. The van der Waals surface area contributed by atoms with E-state index in [1.165, 1.54) is 6.33 Å². The predicted molar refractivity (Wildman–Crippen MR) is 102 cm³/mol. The van der Waals surface area contributed by atoms with Gasteiger partial charge in [-0.05, 0) is 36.4 Å². The smallest absolute Gasteiger partial charge is 0.163 e. The third-order valence-electron chi connectivity index (χ3n) is 4.08. The van der Waals surface area contributed by atoms with E-state index in [-0.39, 0.29) is 0 Å². The molecule has 2 heterocycles. The first-order valence-electron chi connectivity index (χ1n) is 8.14. The number of benzene rings is 2. The van der Waals surface area contributed by atoms with Crippen LogP contribution in [-0.2, 0) is 7.05 Å². The summed E-state index contributed by atoms with van der Waals surface area (Å²) in [5.74, 6) is 1.54. The maximum absolute atomic E-state index is 5.20. The SMILES string of the molecule is COc1ccc(Nc2ccccc2Nc2ncnc3c2cnn3C)cc1. The van der Waals surface area contributed by atoms with Crippen molar-refractivity contribution in [1.82, 2.24) is 19.7 Å². The minimum Gasteiger partial charge on any atom is -0.497 e. The molecule has 2 aromatic heterocycles. The quantitative estimate of drug-likeness (QED) is 0.571. The van der Waals surface area contributed by atoms with Gasteiger partial charge in [0.05, 0.1) is 30.1 Å². The fraction of sp³-hybridized carbons (Fsp3) is 0.105. The van der Waals surface area contributed by atoms with E-state index in [1.54, 1.807) is 18.0 Å². The van der Waals surface area contributed by atoms with E-state index in [2.05, 4.69) is 25.7 Å². The Hall–Kier alpha value is -3.61. The summed E-state index contributed by atoms with van der Waals surface area (Å²) in [5.41, 5.74) is 3.60. The summed E-state index contributed by atoms with van der Waals surface area (Å²) in [7, 11) is 3.51. The standard InChI is InChI=1S/C19H18N6O/c1-25-19-15(11-22-25)18(20-12-21-19)24-17-6-4-3-5-16(17)23-13-7-9-14(26-2)10-8-13/h3-12,23H,1-2H3,(H,20,21,24). The van der Waals surface area contributed by atoms with Crippen molar-refractivity contribution in [3.8, 4) is 5.75 Å². The summed E-state index contributed by atoms with van der Waals surface area (Å²) in [6, 6.07) is 15.7. The van der Waals surface area contributed by atoms with Gasteiger partial charge in [-0.25, -0.2) is 9.97 Å². The van der Waals surface area contributed by atoms with Gasteiger partial charge in [0.15, 0.2) is 5.65 Å². The number of hydrogen-bond donors (Lipinski definition) is 2. The second-order valence-corrected chi connectivity index (χ2v) is 5.75. The molecule has 0 fully saturated rings. The first kappa shape index (κ1) is 15.9. The molecule has 2 N–H and O–H groups in total. The highest BCUT2D eigenvalue weighted by atomic mass is 16.5. The highest BCUT2D eigenvalue weighted by molar-refractivity contribution is 5.90. The Bertz CT molecular complexity index is 1040. The number of aryl methyl sites for hydroxylation is 1. The summed E-state index contributed by atoms with van der Waals surface area (Å²) >= 11 is 0. The van der Waals surface area contributed by atoms with Crippen molar-refractivity contribution in [3.63, 3.8) is 0 Å². The fourth-order valence-electron chi connectivity index (χ4n) is 2.72. The lowest BCUT2D eigenvalue weighted by Crippen LogP contribution is -2.00. The maximum atomic E-state index is 5.20. The first-order chi connectivity index (χ1) is 12.7. The Labute approximate surface area is 150 Å². The zero-order chi connectivity index (χ0) is 17.9. The van der Waals surface area contributed by atoms with Crippen LogP contribution in [0.4, 0.5) is 22.9 Å². The first-order valence-corrected chi connectivity index (χ1v) is 8.14. The Balaban J connectivity index is 1.64. The average Bonchev–Trinajstić information content (AvgIpc) is 3.06. The molecule has 2 aromatic carbocycles. The van der Waals surface area contributed by atoms with Crippen LogP contribution in [-0.4, -0.2) is 26.9 Å². The largest absolute Gasteiger partial charge is 0.497 e. The van der Waals surface area contributed by atoms with Crippen molar-refractivity contribution in [2.45, 2.75) is 0 Å². The van der Waals surface area contributed by atoms with E-state index < -0.39 is 0 Å². The zero-order valence-corrected chi connectivity index (χ0v) is 14.5. The molecule has 0 aliphatic rings. The Morgan fingerprint density at radius 3 is 2.38 bits per heavy atom. The number of anilines is 4. The van der Waals surface area contributed by atoms with Gasteiger partial charge in [-0.1, -0.05) is 12.1 Å². The summed E-state index contributed by atoms with van der Waals surface area (Å²) in [4.78, 5) is 8.64. The molecular weight excluding hydrogens is 328 g/mol. The minimum absolute atomic E-state index is 0.715. The van der Waals surface area contributed by atoms with Crippen molar-refractivity contribution in [3.05, 3.63) is 61.1 Å². The predicted octanol–water partition coefficient (Wildman–Crippen LogP) is 3.86. The number of nitrogens with zero attached hydrogens (tertiary/aromatic N) is 4. The van der Waals surface area contributed by atoms with Gasteiger partial charge in [0.1, 0.15) is 17.9 Å². The monoisotopic (exact) mass is 346 g/mol. The van der Waals surface area contributed by atoms with Crippen LogP contribution in [0.15, 0.2) is 61.1 Å². The number of aromatic nitrogens is 4. The molecular formula is C19H18N6O. The summed E-state index contributed by atoms with van der Waals surface area (Å²) in [5, 5.41) is 11.9. The molecule has 26 heavy (non-hydrogen) atoms. The molecule has 4 rings (SSSR count). The van der Waals surface area contributed by atoms with E-state index in [9.17, 15) is 0 Å². The highest BCUT2D eigenvalue weighted by Crippen LogP contribution is 2.30. The van der Waals surface area contributed by atoms with Gasteiger partial charge < -0.3 is 15.4 Å². The summed E-state index contributed by atoms with van der Waals surface area (Å²) in [6.07, 6.45) is 3.29. The number of hydrogen-bond acceptors (Lipinski definition) is 6. The Kier molecular flexibility index (Phi) is 4.10. The van der Waals surface area contributed by atoms with E-state index in [1.807, 2.05) is 55.6 Å². The van der Waals surface area contributed by atoms with Crippen LogP contribution in [0.25, 0.3) is 11.0 Å². The third-order valence-corrected chi connectivity index (χ3v) is 4.08. The van der Waals surface area contributed by atoms with Crippen molar-refractivity contribution in [2.75, 3.05) is 17.7 Å². The third kappa shape index (κ3) is 3.02. The molecule has 0 atom stereocenters. The molecule has 0 unspecified atom stereocenters. The number of ether oxygens (including phenoxy) is 1. The maximum Gasteiger partial charge on any atom is 0.163 e. The molecule has 4 aromatic rings. The molecule has 0 aliphatic heterocycles. The van der Waals surface area contributed by atoms with Gasteiger partial charge in [-0.15, -0.1) is 0 Å². The summed E-state index contributed by atoms with van der Waals surface area (Å²) < 4.78 is 6.93. The van der Waals surface area contributed by atoms with E-state index in [0.29, 0.717) is 5.82 Å². The van der Waals surface area contributed by atoms with Gasteiger partial charge in [-0.3, -0.25) is 4.68 Å². The fourth-order valence-corrected chi connectivity index (χ4v) is 2.72. The van der Waals surface area contributed by atoms with Crippen molar-refractivity contribution >= 4 is 33.9 Å². The van der Waals surface area contributed by atoms with Crippen LogP contribution in [0.5, 0.6) is 5.75 Å². The molecule has 0 saturated carbocycles. The number of fused-ring (bicyclic) bond motifs is 1. The van der Waals surface area contributed by atoms with Crippen LogP contribution in [0, 0.1) is 0 Å². The van der Waals surface area contributed by atoms with Crippen LogP contribution < -0.4 is 15.4 Å². The normalized spacial score (nSPS) is 10.7. The lowest BCUT2D eigenvalue weighted by molar-refractivity contribution is 0.415. The molecule has 0 spiro atoms. The molecule has 0 radical (unpaired) electrons. The Morgan fingerprint density at radius 2 is 1.65 bits per heavy atom. The van der Waals surface area contributed by atoms with Gasteiger partial charge in [0, 0.05) is 12.7 Å². The molecule has 0 amide bonds. The molecule has 0 saturated heterocycles. The zero-order valence-electron chi connectivity index (χ0n) is 14.5. The van der Waals surface area contributed by atoms with Gasteiger partial charge >= 0.3 is 0 Å². The number of para-hydroxylation sites is 2. The molecule has 0 aliphatic carbocycles. The molecule has 7 nitrogen and oxygen atoms in total. The van der Waals surface area contributed by atoms with E-state index in [0.717, 1.165) is 33.8 Å². The average molecular weight is 346 g/mol.